The number of hydrogen-bond donors (Lipinski definition) is 3. The molecule has 2 aromatic carbocycles. The van der Waals surface area contributed by atoms with Crippen molar-refractivity contribution in [3.05, 3.63) is 60.5 Å². The minimum Gasteiger partial charge on any atom is -0.492 e. The second kappa shape index (κ2) is 13.5. The highest BCUT2D eigenvalue weighted by Crippen LogP contribution is 2.32. The molecule has 15 heteroatoms. The van der Waals surface area contributed by atoms with Crippen LogP contribution in [0.4, 0.5) is 16.3 Å². The number of carbonyl (C=O) groups is 1. The number of nitrogens with zero attached hydrogens (tertiary/aromatic N) is 4. The largest absolute Gasteiger partial charge is 0.492 e. The van der Waals surface area contributed by atoms with Crippen LogP contribution in [0.3, 0.4) is 0 Å². The Labute approximate surface area is 264 Å². The molecule has 0 radical (unpaired) electrons. The summed E-state index contributed by atoms with van der Waals surface area (Å²) in [7, 11) is -3.67. The number of nitrogens with one attached hydrogen (secondary N) is 2. The van der Waals surface area contributed by atoms with Crippen molar-refractivity contribution in [2.45, 2.75) is 26.2 Å². The van der Waals surface area contributed by atoms with E-state index in [9.17, 15) is 13.2 Å². The number of ether oxygens (including phenoxy) is 2. The third-order valence-electron chi connectivity index (χ3n) is 6.78. The molecular weight excluding hydrogens is 620 g/mol. The molecule has 0 bridgehead atoms. The Balaban J connectivity index is 0.000000743. The Kier molecular flexibility index (Phi) is 9.74. The van der Waals surface area contributed by atoms with E-state index in [4.69, 9.17) is 23.5 Å². The molecular formula is C30H36N6O7S2. The minimum atomic E-state index is -3.67. The number of thiazole rings is 1. The summed E-state index contributed by atoms with van der Waals surface area (Å²) in [5.74, 6) is 1.94. The molecule has 0 saturated carbocycles. The van der Waals surface area contributed by atoms with Gasteiger partial charge < -0.3 is 19.3 Å². The summed E-state index contributed by atoms with van der Waals surface area (Å²) in [6.45, 7) is 11.1. The van der Waals surface area contributed by atoms with Crippen molar-refractivity contribution in [2.75, 3.05) is 56.3 Å². The van der Waals surface area contributed by atoms with Crippen molar-refractivity contribution in [3.8, 4) is 17.0 Å². The Bertz CT molecular complexity index is 1860. The third-order valence-corrected chi connectivity index (χ3v) is 7.79. The van der Waals surface area contributed by atoms with Gasteiger partial charge in [0.1, 0.15) is 18.1 Å². The van der Waals surface area contributed by atoms with Crippen LogP contribution in [0.1, 0.15) is 26.5 Å². The molecule has 3 aromatic heterocycles. The van der Waals surface area contributed by atoms with Gasteiger partial charge in [0.15, 0.2) is 10.8 Å². The lowest BCUT2D eigenvalue weighted by Crippen LogP contribution is -2.38. The average Bonchev–Trinajstić information content (AvgIpc) is 3.68. The van der Waals surface area contributed by atoms with Crippen LogP contribution in [-0.2, 0) is 20.3 Å². The van der Waals surface area contributed by atoms with E-state index in [1.54, 1.807) is 17.4 Å². The maximum absolute atomic E-state index is 12.4. The predicted molar refractivity (Wildman–Crippen MR) is 174 cm³/mol. The van der Waals surface area contributed by atoms with Crippen molar-refractivity contribution >= 4 is 54.2 Å². The maximum Gasteiger partial charge on any atom is 0.324 e. The molecule has 6 rings (SSSR count). The fourth-order valence-electron chi connectivity index (χ4n) is 4.52. The van der Waals surface area contributed by atoms with E-state index in [0.717, 1.165) is 65.0 Å². The summed E-state index contributed by atoms with van der Waals surface area (Å²) in [5, 5.41) is 9.45. The molecule has 1 aliphatic rings. The monoisotopic (exact) mass is 656 g/mol. The first-order valence-electron chi connectivity index (χ1n) is 14.2. The standard InChI is InChI=1S/C29H32N6O4S.CH4O3S/c1-29(2,3)25-17-26(33-39-25)32-27(36)30-20-6-4-19(5-7-20)22-18-35-23-9-8-21(16-24(23)40-28(35)31-22)38-15-12-34-10-13-37-14-11-34;1-5(2,3)4/h4-9,16-18H,10-15H2,1-3H3,(H2,30,32,33,36);1H3,(H,2,3,4). The van der Waals surface area contributed by atoms with Crippen molar-refractivity contribution < 1.29 is 31.8 Å². The number of anilines is 2. The number of benzene rings is 2. The second-order valence-electron chi connectivity index (χ2n) is 11.5. The predicted octanol–water partition coefficient (Wildman–Crippen LogP) is 5.36. The Hall–Kier alpha value is -4.02. The van der Waals surface area contributed by atoms with Gasteiger partial charge in [-0.25, -0.2) is 9.78 Å². The fraction of sp³-hybridized carbons (Fsp3) is 0.367. The van der Waals surface area contributed by atoms with E-state index < -0.39 is 10.1 Å². The second-order valence-corrected chi connectivity index (χ2v) is 14.0. The van der Waals surface area contributed by atoms with Gasteiger partial charge in [0, 0.05) is 48.6 Å². The molecule has 3 N–H and O–H groups in total. The number of morpholine rings is 1. The molecule has 0 atom stereocenters. The molecule has 0 aliphatic carbocycles. The fourth-order valence-corrected chi connectivity index (χ4v) is 5.55. The zero-order chi connectivity index (χ0) is 32.2. The summed E-state index contributed by atoms with van der Waals surface area (Å²) in [6.07, 6.45) is 2.76. The molecule has 1 saturated heterocycles. The van der Waals surface area contributed by atoms with Crippen LogP contribution in [0, 0.1) is 0 Å². The van der Waals surface area contributed by atoms with Crippen molar-refractivity contribution in [1.82, 2.24) is 19.4 Å². The molecule has 45 heavy (non-hydrogen) atoms. The molecule has 1 aliphatic heterocycles. The first-order chi connectivity index (χ1) is 21.3. The van der Waals surface area contributed by atoms with Crippen LogP contribution >= 0.6 is 11.3 Å². The van der Waals surface area contributed by atoms with Crippen LogP contribution in [0.2, 0.25) is 0 Å². The van der Waals surface area contributed by atoms with Gasteiger partial charge >= 0.3 is 6.03 Å². The average molecular weight is 657 g/mol. The lowest BCUT2D eigenvalue weighted by Gasteiger charge is -2.26. The van der Waals surface area contributed by atoms with Gasteiger partial charge in [-0.2, -0.15) is 8.42 Å². The van der Waals surface area contributed by atoms with Gasteiger partial charge in [0.2, 0.25) is 0 Å². The van der Waals surface area contributed by atoms with Crippen LogP contribution < -0.4 is 15.4 Å². The highest BCUT2D eigenvalue weighted by molar-refractivity contribution is 7.85. The highest BCUT2D eigenvalue weighted by atomic mass is 32.2. The van der Waals surface area contributed by atoms with Gasteiger partial charge in [-0.15, -0.1) is 0 Å². The van der Waals surface area contributed by atoms with Crippen molar-refractivity contribution in [2.24, 2.45) is 0 Å². The normalized spacial score (nSPS) is 14.2. The number of urea groups is 1. The van der Waals surface area contributed by atoms with Crippen LogP contribution in [0.15, 0.2) is 59.3 Å². The molecule has 0 unspecified atom stereocenters. The minimum absolute atomic E-state index is 0.187. The number of fused-ring (bicyclic) bond motifs is 3. The summed E-state index contributed by atoms with van der Waals surface area (Å²) in [6, 6.07) is 15.1. The lowest BCUT2D eigenvalue weighted by molar-refractivity contribution is 0.0322. The quantitative estimate of drug-likeness (QED) is 0.195. The van der Waals surface area contributed by atoms with E-state index in [1.807, 2.05) is 57.3 Å². The topological polar surface area (TPSA) is 161 Å². The van der Waals surface area contributed by atoms with Crippen LogP contribution in [-0.4, -0.2) is 84.2 Å². The van der Waals surface area contributed by atoms with Gasteiger partial charge in [-0.3, -0.25) is 19.2 Å². The van der Waals surface area contributed by atoms with E-state index in [-0.39, 0.29) is 11.4 Å². The van der Waals surface area contributed by atoms with E-state index in [2.05, 4.69) is 37.2 Å². The Morgan fingerprint density at radius 3 is 2.47 bits per heavy atom. The third kappa shape index (κ3) is 9.02. The highest BCUT2D eigenvalue weighted by Gasteiger charge is 2.20. The number of hydrogen-bond acceptors (Lipinski definition) is 10. The first-order valence-corrected chi connectivity index (χ1v) is 16.9. The summed E-state index contributed by atoms with van der Waals surface area (Å²) in [4.78, 5) is 20.5. The van der Waals surface area contributed by atoms with E-state index in [0.29, 0.717) is 30.1 Å². The molecule has 4 heterocycles. The number of imidazole rings is 1. The SMILES string of the molecule is CC(C)(C)c1cc(NC(=O)Nc2ccc(-c3cn4c(n3)sc3cc(OCCN5CCOCC5)ccc34)cc2)no1.CS(=O)(=O)O. The molecule has 13 nitrogen and oxygen atoms in total. The number of carbonyl (C=O) groups excluding carboxylic acids is 1. The Morgan fingerprint density at radius 2 is 1.80 bits per heavy atom. The number of aromatic nitrogens is 3. The lowest BCUT2D eigenvalue weighted by atomic mass is 9.93. The van der Waals surface area contributed by atoms with Crippen LogP contribution in [0.5, 0.6) is 5.75 Å². The van der Waals surface area contributed by atoms with Crippen molar-refractivity contribution in [3.63, 3.8) is 0 Å². The molecule has 5 aromatic rings. The van der Waals surface area contributed by atoms with Crippen LogP contribution in [0.25, 0.3) is 26.4 Å². The van der Waals surface area contributed by atoms with Gasteiger partial charge in [-0.1, -0.05) is 49.4 Å². The molecule has 1 fully saturated rings. The summed E-state index contributed by atoms with van der Waals surface area (Å²) < 4.78 is 45.9. The zero-order valence-electron chi connectivity index (χ0n) is 25.4. The Morgan fingerprint density at radius 1 is 1.09 bits per heavy atom. The summed E-state index contributed by atoms with van der Waals surface area (Å²) >= 11 is 1.63. The van der Waals surface area contributed by atoms with Gasteiger partial charge in [-0.05, 0) is 30.3 Å². The van der Waals surface area contributed by atoms with Gasteiger partial charge in [0.25, 0.3) is 10.1 Å². The molecule has 2 amide bonds. The van der Waals surface area contributed by atoms with Gasteiger partial charge in [0.05, 0.1) is 35.4 Å². The van der Waals surface area contributed by atoms with E-state index >= 15 is 0 Å². The zero-order valence-corrected chi connectivity index (χ0v) is 27.1. The maximum atomic E-state index is 12.4. The molecule has 0 spiro atoms. The number of rotatable bonds is 7. The van der Waals surface area contributed by atoms with Crippen molar-refractivity contribution in [1.29, 1.82) is 0 Å². The van der Waals surface area contributed by atoms with E-state index in [1.165, 1.54) is 0 Å². The smallest absolute Gasteiger partial charge is 0.324 e. The number of amides is 2. The summed E-state index contributed by atoms with van der Waals surface area (Å²) in [5.41, 5.74) is 3.40. The molecule has 240 valence electrons. The first kappa shape index (κ1) is 32.4.